The van der Waals surface area contributed by atoms with E-state index < -0.39 is 23.4 Å². The van der Waals surface area contributed by atoms with Gasteiger partial charge in [-0.05, 0) is 12.1 Å². The molecular weight excluding hydrogens is 229 g/mol. The van der Waals surface area contributed by atoms with Crippen molar-refractivity contribution in [3.63, 3.8) is 0 Å². The zero-order valence-electron chi connectivity index (χ0n) is 7.82. The van der Waals surface area contributed by atoms with E-state index in [-0.39, 0.29) is 11.4 Å². The lowest BCUT2D eigenvalue weighted by molar-refractivity contribution is -0.384. The number of hydrogen-bond donors (Lipinski definition) is 1. The second kappa shape index (κ2) is 4.25. The third kappa shape index (κ3) is 3.30. The van der Waals surface area contributed by atoms with Crippen molar-refractivity contribution in [3.05, 3.63) is 28.3 Å². The van der Waals surface area contributed by atoms with Crippen LogP contribution in [0.2, 0.25) is 0 Å². The van der Waals surface area contributed by atoms with Gasteiger partial charge in [-0.15, -0.1) is 0 Å². The first-order chi connectivity index (χ1) is 7.29. The number of nitrogens with zero attached hydrogens (tertiary/aromatic N) is 1. The Kier molecular flexibility index (Phi) is 3.21. The second-order valence-electron chi connectivity index (χ2n) is 2.88. The first-order valence-electron chi connectivity index (χ1n) is 4.03. The average molecular weight is 236 g/mol. The monoisotopic (exact) mass is 236 g/mol. The summed E-state index contributed by atoms with van der Waals surface area (Å²) in [6, 6.07) is 3.10. The molecule has 0 aromatic heterocycles. The minimum absolute atomic E-state index is 0.135. The Balaban J connectivity index is 2.83. The van der Waals surface area contributed by atoms with Gasteiger partial charge in [-0.1, -0.05) is 0 Å². The van der Waals surface area contributed by atoms with Crippen molar-refractivity contribution in [2.24, 2.45) is 0 Å². The van der Waals surface area contributed by atoms with Crippen molar-refractivity contribution in [2.45, 2.75) is 6.18 Å². The quantitative estimate of drug-likeness (QED) is 0.495. The van der Waals surface area contributed by atoms with E-state index >= 15 is 0 Å². The first kappa shape index (κ1) is 12.1. The van der Waals surface area contributed by atoms with E-state index in [1.165, 1.54) is 0 Å². The Labute approximate surface area is 87.8 Å². The number of rotatable bonds is 3. The summed E-state index contributed by atoms with van der Waals surface area (Å²) in [6.07, 6.45) is -4.49. The number of nitrogen functional groups attached to an aromatic ring is 1. The number of nitro groups is 1. The van der Waals surface area contributed by atoms with Crippen LogP contribution in [-0.2, 0) is 0 Å². The Hall–Kier alpha value is -1.99. The van der Waals surface area contributed by atoms with Gasteiger partial charge in [0.2, 0.25) is 0 Å². The minimum atomic E-state index is -4.49. The van der Waals surface area contributed by atoms with Gasteiger partial charge in [0, 0.05) is 0 Å². The molecule has 0 unspecified atom stereocenters. The van der Waals surface area contributed by atoms with Crippen LogP contribution in [0.5, 0.6) is 5.75 Å². The molecule has 88 valence electrons. The van der Waals surface area contributed by atoms with E-state index in [4.69, 9.17) is 5.73 Å². The highest BCUT2D eigenvalue weighted by molar-refractivity contribution is 5.60. The van der Waals surface area contributed by atoms with E-state index in [9.17, 15) is 23.3 Å². The molecule has 0 bridgehead atoms. The Morgan fingerprint density at radius 2 is 2.06 bits per heavy atom. The molecule has 8 heteroatoms. The summed E-state index contributed by atoms with van der Waals surface area (Å²) in [6.45, 7) is -1.51. The van der Waals surface area contributed by atoms with Crippen LogP contribution < -0.4 is 10.5 Å². The van der Waals surface area contributed by atoms with Crippen LogP contribution in [0, 0.1) is 10.1 Å². The maximum Gasteiger partial charge on any atom is 0.422 e. The van der Waals surface area contributed by atoms with E-state index in [0.717, 1.165) is 18.2 Å². The van der Waals surface area contributed by atoms with Gasteiger partial charge < -0.3 is 10.5 Å². The highest BCUT2D eigenvalue weighted by atomic mass is 19.4. The number of hydrogen-bond acceptors (Lipinski definition) is 4. The molecule has 0 fully saturated rings. The molecule has 0 aliphatic heterocycles. The van der Waals surface area contributed by atoms with Gasteiger partial charge in [0.1, 0.15) is 11.4 Å². The van der Waals surface area contributed by atoms with E-state index in [0.29, 0.717) is 0 Å². The van der Waals surface area contributed by atoms with Gasteiger partial charge in [-0.25, -0.2) is 0 Å². The van der Waals surface area contributed by atoms with Crippen molar-refractivity contribution in [1.29, 1.82) is 0 Å². The molecular formula is C8H7F3N2O3. The van der Waals surface area contributed by atoms with E-state index in [1.54, 1.807) is 0 Å². The SMILES string of the molecule is Nc1ccc(OCC(F)(F)F)cc1[N+](=O)[O-]. The molecule has 0 aliphatic carbocycles. The lowest BCUT2D eigenvalue weighted by Gasteiger charge is -2.09. The molecule has 5 nitrogen and oxygen atoms in total. The molecule has 1 aromatic rings. The maximum absolute atomic E-state index is 11.8. The first-order valence-corrected chi connectivity index (χ1v) is 4.03. The summed E-state index contributed by atoms with van der Waals surface area (Å²) < 4.78 is 39.7. The largest absolute Gasteiger partial charge is 0.484 e. The minimum Gasteiger partial charge on any atom is -0.484 e. The van der Waals surface area contributed by atoms with Crippen LogP contribution in [0.15, 0.2) is 18.2 Å². The predicted octanol–water partition coefficient (Wildman–Crippen LogP) is 2.12. The molecule has 1 aromatic carbocycles. The van der Waals surface area contributed by atoms with Gasteiger partial charge in [-0.2, -0.15) is 13.2 Å². The summed E-state index contributed by atoms with van der Waals surface area (Å²) in [5.41, 5.74) is 4.63. The van der Waals surface area contributed by atoms with Crippen LogP contribution >= 0.6 is 0 Å². The summed E-state index contributed by atoms with van der Waals surface area (Å²) in [7, 11) is 0. The van der Waals surface area contributed by atoms with Gasteiger partial charge in [0.25, 0.3) is 5.69 Å². The van der Waals surface area contributed by atoms with Gasteiger partial charge >= 0.3 is 6.18 Å². The number of benzene rings is 1. The lowest BCUT2D eigenvalue weighted by Crippen LogP contribution is -2.19. The summed E-state index contributed by atoms with van der Waals surface area (Å²) in [5, 5.41) is 10.4. The number of nitrogens with two attached hydrogens (primary N) is 1. The van der Waals surface area contributed by atoms with Gasteiger partial charge in [0.15, 0.2) is 6.61 Å². The molecule has 0 radical (unpaired) electrons. The molecule has 0 heterocycles. The molecule has 0 saturated heterocycles. The Morgan fingerprint density at radius 1 is 1.44 bits per heavy atom. The summed E-state index contributed by atoms with van der Waals surface area (Å²) in [5.74, 6) is -0.252. The van der Waals surface area contributed by atoms with Crippen LogP contribution in [0.4, 0.5) is 24.5 Å². The standard InChI is InChI=1S/C8H7F3N2O3/c9-8(10,11)4-16-5-1-2-6(12)7(3-5)13(14)15/h1-3H,4,12H2. The molecule has 0 atom stereocenters. The van der Waals surface area contributed by atoms with Crippen LogP contribution in [0.25, 0.3) is 0 Å². The smallest absolute Gasteiger partial charge is 0.422 e. The number of alkyl halides is 3. The summed E-state index contributed by atoms with van der Waals surface area (Å²) in [4.78, 5) is 9.63. The van der Waals surface area contributed by atoms with Crippen molar-refractivity contribution >= 4 is 11.4 Å². The lowest BCUT2D eigenvalue weighted by atomic mass is 10.2. The van der Waals surface area contributed by atoms with Gasteiger partial charge in [-0.3, -0.25) is 10.1 Å². The van der Waals surface area contributed by atoms with Crippen molar-refractivity contribution in [2.75, 3.05) is 12.3 Å². The second-order valence-corrected chi connectivity index (χ2v) is 2.88. The molecule has 0 amide bonds. The molecule has 0 spiro atoms. The molecule has 2 N–H and O–H groups in total. The summed E-state index contributed by atoms with van der Waals surface area (Å²) >= 11 is 0. The van der Waals surface area contributed by atoms with Crippen LogP contribution in [-0.4, -0.2) is 17.7 Å². The average Bonchev–Trinajstić information content (AvgIpc) is 2.14. The van der Waals surface area contributed by atoms with E-state index in [2.05, 4.69) is 4.74 Å². The fourth-order valence-corrected chi connectivity index (χ4v) is 0.937. The number of ether oxygens (including phenoxy) is 1. The normalized spacial score (nSPS) is 11.2. The number of anilines is 1. The number of halogens is 3. The van der Waals surface area contributed by atoms with Crippen molar-refractivity contribution in [3.8, 4) is 5.75 Å². The van der Waals surface area contributed by atoms with Crippen LogP contribution in [0.3, 0.4) is 0 Å². The van der Waals surface area contributed by atoms with Gasteiger partial charge in [0.05, 0.1) is 11.0 Å². The molecule has 0 saturated carbocycles. The fraction of sp³-hybridized carbons (Fsp3) is 0.250. The fourth-order valence-electron chi connectivity index (χ4n) is 0.937. The predicted molar refractivity (Wildman–Crippen MR) is 49.1 cm³/mol. The molecule has 0 aliphatic rings. The maximum atomic E-state index is 11.8. The Morgan fingerprint density at radius 3 is 2.56 bits per heavy atom. The van der Waals surface area contributed by atoms with E-state index in [1.807, 2.05) is 0 Å². The third-order valence-electron chi connectivity index (χ3n) is 1.60. The highest BCUT2D eigenvalue weighted by Crippen LogP contribution is 2.27. The van der Waals surface area contributed by atoms with Crippen LogP contribution in [0.1, 0.15) is 0 Å². The zero-order chi connectivity index (χ0) is 12.3. The highest BCUT2D eigenvalue weighted by Gasteiger charge is 2.28. The molecule has 1 rings (SSSR count). The Bertz CT molecular complexity index is 406. The van der Waals surface area contributed by atoms with Crippen molar-refractivity contribution in [1.82, 2.24) is 0 Å². The third-order valence-corrected chi connectivity index (χ3v) is 1.60. The molecule has 16 heavy (non-hydrogen) atoms. The topological polar surface area (TPSA) is 78.4 Å². The number of nitro benzene ring substituents is 1. The zero-order valence-corrected chi connectivity index (χ0v) is 7.82. The van der Waals surface area contributed by atoms with Crippen molar-refractivity contribution < 1.29 is 22.8 Å².